The molecular formula is C16H36O7. The zero-order valence-electron chi connectivity index (χ0n) is 15.2. The number of esters is 1. The third-order valence-electron chi connectivity index (χ3n) is 2.05. The largest absolute Gasteiger partial charge is 0.463 e. The Hall–Kier alpha value is -0.730. The maximum absolute atomic E-state index is 10.1. The normalized spacial score (nSPS) is 9.30. The van der Waals surface area contributed by atoms with Crippen LogP contribution in [0.25, 0.3) is 0 Å². The summed E-state index contributed by atoms with van der Waals surface area (Å²) in [5.41, 5.74) is 0. The smallest absolute Gasteiger partial charge is 0.302 e. The Morgan fingerprint density at radius 2 is 1.30 bits per heavy atom. The molecule has 0 saturated carbocycles. The van der Waals surface area contributed by atoms with Crippen LogP contribution < -0.4 is 0 Å². The van der Waals surface area contributed by atoms with Crippen molar-refractivity contribution in [3.8, 4) is 0 Å². The van der Waals surface area contributed by atoms with Gasteiger partial charge in [-0.3, -0.25) is 4.79 Å². The van der Waals surface area contributed by atoms with Crippen molar-refractivity contribution in [2.75, 3.05) is 59.5 Å². The maximum atomic E-state index is 10.1. The molecule has 0 spiro atoms. The van der Waals surface area contributed by atoms with E-state index >= 15 is 0 Å². The van der Waals surface area contributed by atoms with E-state index in [2.05, 4.69) is 11.7 Å². The van der Waals surface area contributed by atoms with Gasteiger partial charge in [0.25, 0.3) is 0 Å². The molecule has 0 aliphatic carbocycles. The Labute approximate surface area is 140 Å². The minimum Gasteiger partial charge on any atom is -0.463 e. The predicted molar refractivity (Wildman–Crippen MR) is 89.5 cm³/mol. The number of carbonyl (C=O) groups excluding carboxylic acids is 1. The Morgan fingerprint density at radius 3 is 1.70 bits per heavy atom. The number of hydrogen-bond acceptors (Lipinski definition) is 7. The molecule has 0 aromatic rings. The van der Waals surface area contributed by atoms with Crippen molar-refractivity contribution in [1.82, 2.24) is 0 Å². The van der Waals surface area contributed by atoms with Gasteiger partial charge >= 0.3 is 5.97 Å². The monoisotopic (exact) mass is 340 g/mol. The summed E-state index contributed by atoms with van der Waals surface area (Å²) in [5.74, 6) is -0.255. The lowest BCUT2D eigenvalue weighted by molar-refractivity contribution is -0.142. The number of aliphatic hydroxyl groups is 2. The van der Waals surface area contributed by atoms with Gasteiger partial charge < -0.3 is 29.2 Å². The number of rotatable bonds is 12. The summed E-state index contributed by atoms with van der Waals surface area (Å²) in [6.07, 6.45) is 2.26. The molecule has 0 saturated heterocycles. The van der Waals surface area contributed by atoms with Crippen molar-refractivity contribution in [1.29, 1.82) is 0 Å². The molecule has 0 radical (unpaired) electrons. The highest BCUT2D eigenvalue weighted by Crippen LogP contribution is 1.85. The lowest BCUT2D eigenvalue weighted by Crippen LogP contribution is -2.06. The molecule has 0 bridgehead atoms. The predicted octanol–water partition coefficient (Wildman–Crippen LogP) is 1.40. The van der Waals surface area contributed by atoms with Gasteiger partial charge in [-0.2, -0.15) is 0 Å². The quantitative estimate of drug-likeness (QED) is 0.409. The van der Waals surface area contributed by atoms with E-state index in [4.69, 9.17) is 24.4 Å². The van der Waals surface area contributed by atoms with Gasteiger partial charge in [-0.05, 0) is 20.3 Å². The van der Waals surface area contributed by atoms with Gasteiger partial charge in [-0.1, -0.05) is 13.3 Å². The molecule has 0 heterocycles. The number of hydrogen-bond donors (Lipinski definition) is 2. The Morgan fingerprint density at radius 1 is 0.783 bits per heavy atom. The molecule has 0 amide bonds. The molecule has 0 rings (SSSR count). The van der Waals surface area contributed by atoms with Crippen LogP contribution in [0.1, 0.15) is 40.5 Å². The number of carbonyl (C=O) groups is 1. The third-order valence-corrected chi connectivity index (χ3v) is 2.05. The third kappa shape index (κ3) is 44.9. The minimum absolute atomic E-state index is 0.133. The molecule has 0 unspecified atom stereocenters. The van der Waals surface area contributed by atoms with Gasteiger partial charge in [0.15, 0.2) is 0 Å². The molecular weight excluding hydrogens is 304 g/mol. The number of aliphatic hydroxyl groups excluding tert-OH is 2. The average molecular weight is 340 g/mol. The van der Waals surface area contributed by atoms with Crippen LogP contribution in [-0.2, 0) is 23.7 Å². The first-order chi connectivity index (χ1) is 11.1. The summed E-state index contributed by atoms with van der Waals surface area (Å²) >= 11 is 0. The van der Waals surface area contributed by atoms with Gasteiger partial charge in [0, 0.05) is 26.7 Å². The van der Waals surface area contributed by atoms with Crippen molar-refractivity contribution in [2.24, 2.45) is 0 Å². The Bertz CT molecular complexity index is 191. The van der Waals surface area contributed by atoms with E-state index in [1.165, 1.54) is 6.92 Å². The first-order valence-electron chi connectivity index (χ1n) is 8.18. The lowest BCUT2D eigenvalue weighted by atomic mass is 10.4. The highest BCUT2D eigenvalue weighted by Gasteiger charge is 1.89. The van der Waals surface area contributed by atoms with Gasteiger partial charge in [-0.25, -0.2) is 0 Å². The molecule has 0 aromatic carbocycles. The molecule has 23 heavy (non-hydrogen) atoms. The number of ether oxygens (including phenoxy) is 4. The van der Waals surface area contributed by atoms with Gasteiger partial charge in [0.2, 0.25) is 0 Å². The molecule has 7 nitrogen and oxygen atoms in total. The molecule has 2 N–H and O–H groups in total. The number of unbranched alkanes of at least 4 members (excludes halogenated alkanes) is 1. The van der Waals surface area contributed by atoms with E-state index in [9.17, 15) is 4.79 Å². The van der Waals surface area contributed by atoms with Crippen molar-refractivity contribution >= 4 is 5.97 Å². The average Bonchev–Trinajstić information content (AvgIpc) is 2.55. The first kappa shape index (κ1) is 27.1. The lowest BCUT2D eigenvalue weighted by Gasteiger charge is -1.99. The van der Waals surface area contributed by atoms with E-state index in [-0.39, 0.29) is 19.2 Å². The summed E-state index contributed by atoms with van der Waals surface area (Å²) in [6, 6.07) is 0. The molecule has 0 fully saturated rings. The Kier molecular flexibility index (Phi) is 34.6. The van der Waals surface area contributed by atoms with Crippen molar-refractivity contribution in [3.63, 3.8) is 0 Å². The van der Waals surface area contributed by atoms with Crippen molar-refractivity contribution in [2.45, 2.75) is 40.5 Å². The molecule has 142 valence electrons. The maximum Gasteiger partial charge on any atom is 0.302 e. The van der Waals surface area contributed by atoms with Crippen LogP contribution in [0, 0.1) is 0 Å². The second-order valence-electron chi connectivity index (χ2n) is 4.15. The topological polar surface area (TPSA) is 94.5 Å². The molecule has 0 aromatic heterocycles. The summed E-state index contributed by atoms with van der Waals surface area (Å²) in [5, 5.41) is 16.3. The van der Waals surface area contributed by atoms with Crippen LogP contribution in [-0.4, -0.2) is 75.6 Å². The molecule has 0 atom stereocenters. The molecule has 0 aliphatic heterocycles. The molecule has 7 heteroatoms. The first-order valence-corrected chi connectivity index (χ1v) is 8.18. The van der Waals surface area contributed by atoms with E-state index in [0.29, 0.717) is 39.6 Å². The van der Waals surface area contributed by atoms with Crippen LogP contribution in [0.4, 0.5) is 0 Å². The fraction of sp³-hybridized carbons (Fsp3) is 0.938. The van der Waals surface area contributed by atoms with E-state index in [0.717, 1.165) is 19.4 Å². The highest BCUT2D eigenvalue weighted by molar-refractivity contribution is 5.65. The van der Waals surface area contributed by atoms with Crippen LogP contribution in [0.2, 0.25) is 0 Å². The summed E-state index contributed by atoms with van der Waals surface area (Å²) in [4.78, 5) is 10.1. The standard InChI is InChI=1S/C6H12O3.C6H14O2.C4H10O2/c1-3-8-4-5-9-6(2)7;1-2-3-5-8-6-4-7;1-2-6-4-3-5/h3-5H2,1-2H3;7H,2-6H2,1H3;5H,2-4H2,1H3. The highest BCUT2D eigenvalue weighted by atomic mass is 16.6. The summed E-state index contributed by atoms with van der Waals surface area (Å²) < 4.78 is 19.2. The van der Waals surface area contributed by atoms with Crippen molar-refractivity contribution in [3.05, 3.63) is 0 Å². The van der Waals surface area contributed by atoms with Crippen molar-refractivity contribution < 1.29 is 34.0 Å². The van der Waals surface area contributed by atoms with Crippen LogP contribution in [0.3, 0.4) is 0 Å². The molecule has 0 aliphatic rings. The van der Waals surface area contributed by atoms with Gasteiger partial charge in [-0.15, -0.1) is 0 Å². The summed E-state index contributed by atoms with van der Waals surface area (Å²) in [6.45, 7) is 11.5. The summed E-state index contributed by atoms with van der Waals surface area (Å²) in [7, 11) is 0. The fourth-order valence-electron chi connectivity index (χ4n) is 1.01. The second kappa shape index (κ2) is 29.3. The van der Waals surface area contributed by atoms with Crippen LogP contribution >= 0.6 is 0 Å². The Balaban J connectivity index is -0.000000266. The van der Waals surface area contributed by atoms with E-state index in [1.807, 2.05) is 13.8 Å². The van der Waals surface area contributed by atoms with Gasteiger partial charge in [0.1, 0.15) is 6.61 Å². The second-order valence-corrected chi connectivity index (χ2v) is 4.15. The fourth-order valence-corrected chi connectivity index (χ4v) is 1.01. The van der Waals surface area contributed by atoms with E-state index < -0.39 is 0 Å². The minimum atomic E-state index is -0.255. The van der Waals surface area contributed by atoms with E-state index in [1.54, 1.807) is 0 Å². The SMILES string of the molecule is CCCCOCCO.CCOCCO.CCOCCOC(C)=O. The van der Waals surface area contributed by atoms with Gasteiger partial charge in [0.05, 0.1) is 33.0 Å². The van der Waals surface area contributed by atoms with Crippen LogP contribution in [0.15, 0.2) is 0 Å². The van der Waals surface area contributed by atoms with Crippen LogP contribution in [0.5, 0.6) is 0 Å². The zero-order valence-corrected chi connectivity index (χ0v) is 15.2. The zero-order chi connectivity index (χ0) is 18.2.